The van der Waals surface area contributed by atoms with Crippen molar-refractivity contribution in [1.29, 1.82) is 0 Å². The van der Waals surface area contributed by atoms with Crippen LogP contribution in [0.2, 0.25) is 5.02 Å². The molecule has 1 heterocycles. The maximum atomic E-state index is 13.2. The van der Waals surface area contributed by atoms with Gasteiger partial charge in [-0.2, -0.15) is 0 Å². The number of allylic oxidation sites excluding steroid dienone is 1. The number of ether oxygens (including phenoxy) is 2. The van der Waals surface area contributed by atoms with E-state index in [-0.39, 0.29) is 18.3 Å². The first-order valence-electron chi connectivity index (χ1n) is 11.7. The zero-order valence-corrected chi connectivity index (χ0v) is 21.9. The summed E-state index contributed by atoms with van der Waals surface area (Å²) in [5, 5.41) is 6.97. The topological polar surface area (TPSA) is 79.9 Å². The van der Waals surface area contributed by atoms with Gasteiger partial charge in [-0.15, -0.1) is 0 Å². The Morgan fingerprint density at radius 3 is 2.54 bits per heavy atom. The SMILES string of the molecule is C/C=C(\NC)c1ccc(Oc2cc(Cl)ccc2CN[C@@H](C)C(=O)N2[C@H](C(C)=O)COC2(C)C)cc1. The van der Waals surface area contributed by atoms with E-state index >= 15 is 0 Å². The maximum Gasteiger partial charge on any atom is 0.242 e. The van der Waals surface area contributed by atoms with E-state index in [0.29, 0.717) is 23.1 Å². The van der Waals surface area contributed by atoms with Crippen LogP contribution in [-0.4, -0.2) is 48.1 Å². The van der Waals surface area contributed by atoms with Crippen LogP contribution in [0, 0.1) is 0 Å². The summed E-state index contributed by atoms with van der Waals surface area (Å²) in [7, 11) is 1.88. The number of carbonyl (C=O) groups is 2. The summed E-state index contributed by atoms with van der Waals surface area (Å²) in [5.74, 6) is 0.993. The summed E-state index contributed by atoms with van der Waals surface area (Å²) < 4.78 is 11.9. The van der Waals surface area contributed by atoms with Crippen LogP contribution in [0.3, 0.4) is 0 Å². The summed E-state index contributed by atoms with van der Waals surface area (Å²) in [5.41, 5.74) is 2.09. The van der Waals surface area contributed by atoms with Crippen LogP contribution in [0.1, 0.15) is 45.7 Å². The van der Waals surface area contributed by atoms with Gasteiger partial charge in [0.25, 0.3) is 0 Å². The Morgan fingerprint density at radius 1 is 1.26 bits per heavy atom. The summed E-state index contributed by atoms with van der Waals surface area (Å²) in [4.78, 5) is 26.8. The van der Waals surface area contributed by atoms with E-state index in [2.05, 4.69) is 10.6 Å². The normalized spacial score (nSPS) is 18.3. The molecular weight excluding hydrogens is 466 g/mol. The summed E-state index contributed by atoms with van der Waals surface area (Å²) in [6, 6.07) is 12.1. The second-order valence-corrected chi connectivity index (χ2v) is 9.46. The van der Waals surface area contributed by atoms with E-state index in [4.69, 9.17) is 21.1 Å². The molecule has 0 aliphatic carbocycles. The second-order valence-electron chi connectivity index (χ2n) is 9.03. The third-order valence-electron chi connectivity index (χ3n) is 6.14. The smallest absolute Gasteiger partial charge is 0.242 e. The summed E-state index contributed by atoms with van der Waals surface area (Å²) in [6.07, 6.45) is 2.01. The van der Waals surface area contributed by atoms with Gasteiger partial charge in [0.1, 0.15) is 23.3 Å². The van der Waals surface area contributed by atoms with Crippen LogP contribution in [0.15, 0.2) is 48.5 Å². The number of Topliss-reactive ketones (excluding diaryl/α,β-unsaturated/α-hetero) is 1. The van der Waals surface area contributed by atoms with Crippen LogP contribution in [0.4, 0.5) is 0 Å². The van der Waals surface area contributed by atoms with Gasteiger partial charge in [0.05, 0.1) is 12.6 Å². The van der Waals surface area contributed by atoms with Gasteiger partial charge in [-0.3, -0.25) is 9.59 Å². The minimum absolute atomic E-state index is 0.0909. The average molecular weight is 500 g/mol. The molecule has 2 N–H and O–H groups in total. The zero-order valence-electron chi connectivity index (χ0n) is 21.1. The highest BCUT2D eigenvalue weighted by molar-refractivity contribution is 6.30. The number of nitrogens with one attached hydrogen (secondary N) is 2. The summed E-state index contributed by atoms with van der Waals surface area (Å²) >= 11 is 6.24. The Kier molecular flexibility index (Phi) is 8.59. The van der Waals surface area contributed by atoms with E-state index in [1.54, 1.807) is 32.9 Å². The van der Waals surface area contributed by atoms with Crippen molar-refractivity contribution in [2.75, 3.05) is 13.7 Å². The van der Waals surface area contributed by atoms with Crippen molar-refractivity contribution in [2.24, 2.45) is 0 Å². The van der Waals surface area contributed by atoms with Crippen LogP contribution in [-0.2, 0) is 20.9 Å². The number of nitrogens with zero attached hydrogens (tertiary/aromatic N) is 1. The molecule has 8 heteroatoms. The second kappa shape index (κ2) is 11.2. The minimum atomic E-state index is -0.843. The number of carbonyl (C=O) groups excluding carboxylic acids is 2. The highest BCUT2D eigenvalue weighted by Crippen LogP contribution is 2.31. The van der Waals surface area contributed by atoms with Gasteiger partial charge >= 0.3 is 0 Å². The molecule has 35 heavy (non-hydrogen) atoms. The van der Waals surface area contributed by atoms with E-state index in [1.807, 2.05) is 50.4 Å². The first kappa shape index (κ1) is 26.7. The van der Waals surface area contributed by atoms with Crippen molar-refractivity contribution in [2.45, 2.75) is 59.0 Å². The van der Waals surface area contributed by atoms with Crippen molar-refractivity contribution in [3.8, 4) is 11.5 Å². The van der Waals surface area contributed by atoms with E-state index < -0.39 is 17.8 Å². The molecule has 0 unspecified atom stereocenters. The Morgan fingerprint density at radius 2 is 1.94 bits per heavy atom. The molecule has 188 valence electrons. The fourth-order valence-corrected chi connectivity index (χ4v) is 4.30. The van der Waals surface area contributed by atoms with Gasteiger partial charge in [0, 0.05) is 29.9 Å². The Labute approximate surface area is 212 Å². The highest BCUT2D eigenvalue weighted by Gasteiger charge is 2.46. The van der Waals surface area contributed by atoms with Gasteiger partial charge in [-0.25, -0.2) is 0 Å². The zero-order chi connectivity index (χ0) is 25.8. The minimum Gasteiger partial charge on any atom is -0.457 e. The number of rotatable bonds is 9. The number of hydrogen-bond acceptors (Lipinski definition) is 6. The highest BCUT2D eigenvalue weighted by atomic mass is 35.5. The Balaban J connectivity index is 1.72. The Hall–Kier alpha value is -2.87. The molecule has 1 aliphatic heterocycles. The predicted molar refractivity (Wildman–Crippen MR) is 138 cm³/mol. The third-order valence-corrected chi connectivity index (χ3v) is 6.38. The molecule has 0 radical (unpaired) electrons. The molecule has 1 saturated heterocycles. The van der Waals surface area contributed by atoms with Gasteiger partial charge in [-0.05, 0) is 76.6 Å². The quantitative estimate of drug-likeness (QED) is 0.518. The Bertz CT molecular complexity index is 1100. The lowest BCUT2D eigenvalue weighted by molar-refractivity contribution is -0.150. The van der Waals surface area contributed by atoms with Crippen molar-refractivity contribution in [3.05, 3.63) is 64.7 Å². The molecule has 1 fully saturated rings. The number of halogens is 1. The number of hydrogen-bond donors (Lipinski definition) is 2. The summed E-state index contributed by atoms with van der Waals surface area (Å²) in [6.45, 7) is 9.42. The lowest BCUT2D eigenvalue weighted by Gasteiger charge is -2.35. The van der Waals surface area contributed by atoms with Gasteiger partial charge < -0.3 is 25.0 Å². The number of benzene rings is 2. The standard InChI is InChI=1S/C27H34ClN3O4/c1-7-23(29-6)19-9-12-22(13-10-19)35-25-14-21(28)11-8-20(25)15-30-17(2)26(33)31-24(18(3)32)16-34-27(31,4)5/h7-14,17,24,29-30H,15-16H2,1-6H3/b23-7-/t17-,24-/m0/s1. The van der Waals surface area contributed by atoms with Crippen molar-refractivity contribution in [1.82, 2.24) is 15.5 Å². The van der Waals surface area contributed by atoms with E-state index in [9.17, 15) is 9.59 Å². The monoisotopic (exact) mass is 499 g/mol. The van der Waals surface area contributed by atoms with Crippen LogP contribution in [0.25, 0.3) is 5.70 Å². The van der Waals surface area contributed by atoms with Crippen molar-refractivity contribution < 1.29 is 19.1 Å². The molecule has 2 atom stereocenters. The maximum absolute atomic E-state index is 13.2. The molecule has 0 saturated carbocycles. The number of amides is 1. The van der Waals surface area contributed by atoms with Gasteiger partial charge in [-0.1, -0.05) is 23.7 Å². The van der Waals surface area contributed by atoms with Crippen LogP contribution >= 0.6 is 11.6 Å². The van der Waals surface area contributed by atoms with Crippen LogP contribution < -0.4 is 15.4 Å². The van der Waals surface area contributed by atoms with E-state index in [0.717, 1.165) is 16.8 Å². The molecule has 3 rings (SSSR count). The molecule has 2 aromatic rings. The molecule has 2 aromatic carbocycles. The number of ketones is 1. The lowest BCUT2D eigenvalue weighted by atomic mass is 10.1. The fraction of sp³-hybridized carbons (Fsp3) is 0.407. The average Bonchev–Trinajstić information content (AvgIpc) is 3.14. The predicted octanol–water partition coefficient (Wildman–Crippen LogP) is 4.74. The van der Waals surface area contributed by atoms with Gasteiger partial charge in [0.15, 0.2) is 5.78 Å². The van der Waals surface area contributed by atoms with E-state index in [1.165, 1.54) is 11.8 Å². The van der Waals surface area contributed by atoms with Gasteiger partial charge in [0.2, 0.25) is 5.91 Å². The lowest BCUT2D eigenvalue weighted by Crippen LogP contribution is -2.55. The third kappa shape index (κ3) is 6.23. The molecule has 0 bridgehead atoms. The molecule has 0 spiro atoms. The first-order chi connectivity index (χ1) is 16.6. The first-order valence-corrected chi connectivity index (χ1v) is 12.1. The molecule has 1 aliphatic rings. The largest absolute Gasteiger partial charge is 0.457 e. The van der Waals surface area contributed by atoms with Crippen molar-refractivity contribution in [3.63, 3.8) is 0 Å². The fourth-order valence-electron chi connectivity index (χ4n) is 4.13. The molecule has 1 amide bonds. The van der Waals surface area contributed by atoms with Crippen molar-refractivity contribution >= 4 is 29.0 Å². The molecular formula is C27H34ClN3O4. The van der Waals surface area contributed by atoms with Crippen LogP contribution in [0.5, 0.6) is 11.5 Å². The molecule has 0 aromatic heterocycles. The molecule has 7 nitrogen and oxygen atoms in total.